The Kier molecular flexibility index (Phi) is 8.54. The molecule has 0 saturated heterocycles. The SMILES string of the molecule is O=C(NCc1ccc(S(=O)(=O)NNC(=O)c2csc(C3C=CC=CC3(Cl)C(F)(F)F)n2)s1)c1ccc(Cl)cc1. The normalized spacial score (nSPS) is 19.2. The first-order valence-corrected chi connectivity index (χ1v) is 14.8. The Morgan fingerprint density at radius 3 is 2.49 bits per heavy atom. The van der Waals surface area contributed by atoms with Gasteiger partial charge in [0.05, 0.1) is 12.5 Å². The number of rotatable bonds is 8. The standard InChI is InChI=1S/C23H17Cl2F3N4O4S3/c24-14-6-4-13(5-7-14)19(33)29-11-15-8-9-18(38-15)39(35,36)32-31-20(34)17-12-37-21(30-17)16-3-1-2-10-22(16,25)23(26,27)28/h1-10,12,16,32H,11H2,(H,29,33)(H,31,34). The van der Waals surface area contributed by atoms with Gasteiger partial charge in [-0.1, -0.05) is 35.9 Å². The van der Waals surface area contributed by atoms with Crippen molar-refractivity contribution in [1.29, 1.82) is 0 Å². The number of aromatic nitrogens is 1. The molecule has 0 bridgehead atoms. The molecule has 8 nitrogen and oxygen atoms in total. The lowest BCUT2D eigenvalue weighted by atomic mass is 9.87. The van der Waals surface area contributed by atoms with E-state index in [1.165, 1.54) is 35.7 Å². The largest absolute Gasteiger partial charge is 0.412 e. The van der Waals surface area contributed by atoms with Crippen molar-refractivity contribution >= 4 is 67.7 Å². The van der Waals surface area contributed by atoms with Gasteiger partial charge in [0.15, 0.2) is 4.87 Å². The van der Waals surface area contributed by atoms with Crippen LogP contribution in [-0.4, -0.2) is 36.3 Å². The van der Waals surface area contributed by atoms with Crippen molar-refractivity contribution in [1.82, 2.24) is 20.6 Å². The first-order chi connectivity index (χ1) is 18.3. The van der Waals surface area contributed by atoms with E-state index in [9.17, 15) is 31.2 Å². The first kappa shape index (κ1) is 29.2. The molecule has 3 aromatic rings. The van der Waals surface area contributed by atoms with E-state index in [0.29, 0.717) is 15.5 Å². The lowest BCUT2D eigenvalue weighted by Crippen LogP contribution is -2.44. The maximum Gasteiger partial charge on any atom is 0.412 e. The zero-order valence-corrected chi connectivity index (χ0v) is 23.3. The number of thiophene rings is 1. The van der Waals surface area contributed by atoms with E-state index < -0.39 is 32.9 Å². The van der Waals surface area contributed by atoms with Gasteiger partial charge in [0.2, 0.25) is 0 Å². The molecule has 2 aromatic heterocycles. The fourth-order valence-electron chi connectivity index (χ4n) is 3.38. The van der Waals surface area contributed by atoms with Crippen molar-refractivity contribution in [2.75, 3.05) is 0 Å². The van der Waals surface area contributed by atoms with E-state index in [2.05, 4.69) is 10.3 Å². The third-order valence-electron chi connectivity index (χ3n) is 5.39. The molecule has 0 saturated carbocycles. The highest BCUT2D eigenvalue weighted by Gasteiger charge is 2.57. The van der Waals surface area contributed by atoms with Crippen molar-refractivity contribution in [2.45, 2.75) is 27.7 Å². The lowest BCUT2D eigenvalue weighted by Gasteiger charge is -2.33. The molecule has 1 aromatic carbocycles. The van der Waals surface area contributed by atoms with E-state index in [-0.39, 0.29) is 27.4 Å². The van der Waals surface area contributed by atoms with Crippen LogP contribution in [0.3, 0.4) is 0 Å². The first-order valence-electron chi connectivity index (χ1n) is 10.8. The van der Waals surface area contributed by atoms with Gasteiger partial charge in [0.1, 0.15) is 14.9 Å². The van der Waals surface area contributed by atoms with E-state index in [1.54, 1.807) is 24.3 Å². The van der Waals surface area contributed by atoms with Gasteiger partial charge < -0.3 is 5.32 Å². The number of hydrogen-bond donors (Lipinski definition) is 3. The number of benzene rings is 1. The number of hydrazine groups is 1. The number of halogens is 5. The fraction of sp³-hybridized carbons (Fsp3) is 0.174. The molecule has 3 N–H and O–H groups in total. The number of nitrogens with one attached hydrogen (secondary N) is 3. The summed E-state index contributed by atoms with van der Waals surface area (Å²) >= 11 is 13.3. The summed E-state index contributed by atoms with van der Waals surface area (Å²) in [5.74, 6) is -2.73. The van der Waals surface area contributed by atoms with Crippen LogP contribution in [0.25, 0.3) is 0 Å². The Morgan fingerprint density at radius 2 is 1.79 bits per heavy atom. The number of nitrogens with zero attached hydrogens (tertiary/aromatic N) is 1. The van der Waals surface area contributed by atoms with Crippen LogP contribution >= 0.6 is 45.9 Å². The lowest BCUT2D eigenvalue weighted by molar-refractivity contribution is -0.153. The monoisotopic (exact) mass is 636 g/mol. The van der Waals surface area contributed by atoms with Gasteiger partial charge in [-0.3, -0.25) is 15.0 Å². The van der Waals surface area contributed by atoms with Gasteiger partial charge in [-0.2, -0.15) is 13.2 Å². The summed E-state index contributed by atoms with van der Waals surface area (Å²) in [6.07, 6.45) is -0.174. The molecule has 4 rings (SSSR count). The van der Waals surface area contributed by atoms with Crippen molar-refractivity contribution in [3.05, 3.63) is 92.2 Å². The van der Waals surface area contributed by atoms with E-state index in [1.807, 2.05) is 10.3 Å². The van der Waals surface area contributed by atoms with Crippen LogP contribution in [0, 0.1) is 0 Å². The maximum absolute atomic E-state index is 13.6. The highest BCUT2D eigenvalue weighted by Crippen LogP contribution is 2.50. The quantitative estimate of drug-likeness (QED) is 0.233. The number of hydrogen-bond acceptors (Lipinski definition) is 7. The van der Waals surface area contributed by atoms with Gasteiger partial charge in [0.25, 0.3) is 21.8 Å². The molecule has 2 unspecified atom stereocenters. The topological polar surface area (TPSA) is 117 Å². The second-order valence-corrected chi connectivity index (χ2v) is 13.1. The number of carbonyl (C=O) groups is 2. The molecule has 1 aliphatic carbocycles. The van der Waals surface area contributed by atoms with Gasteiger partial charge in [-0.15, -0.1) is 39.1 Å². The van der Waals surface area contributed by atoms with Crippen molar-refractivity contribution in [3.8, 4) is 0 Å². The molecule has 2 atom stereocenters. The predicted octanol–water partition coefficient (Wildman–Crippen LogP) is 5.16. The van der Waals surface area contributed by atoms with E-state index in [0.717, 1.165) is 28.7 Å². The minimum atomic E-state index is -4.79. The molecule has 39 heavy (non-hydrogen) atoms. The minimum absolute atomic E-state index is 0.0559. The Hall–Kier alpha value is -2.75. The summed E-state index contributed by atoms with van der Waals surface area (Å²) in [6, 6.07) is 9.02. The summed E-state index contributed by atoms with van der Waals surface area (Å²) < 4.78 is 65.9. The number of sulfonamides is 1. The Morgan fingerprint density at radius 1 is 1.08 bits per heavy atom. The minimum Gasteiger partial charge on any atom is -0.347 e. The smallest absolute Gasteiger partial charge is 0.347 e. The second-order valence-electron chi connectivity index (χ2n) is 8.03. The molecule has 0 fully saturated rings. The van der Waals surface area contributed by atoms with Crippen LogP contribution in [0.15, 0.2) is 70.3 Å². The van der Waals surface area contributed by atoms with Crippen LogP contribution < -0.4 is 15.6 Å². The average Bonchev–Trinajstić information content (AvgIpc) is 3.57. The molecule has 2 heterocycles. The molecule has 206 valence electrons. The summed E-state index contributed by atoms with van der Waals surface area (Å²) in [6.45, 7) is 0.0559. The number of amides is 2. The van der Waals surface area contributed by atoms with Gasteiger partial charge in [-0.05, 0) is 36.4 Å². The summed E-state index contributed by atoms with van der Waals surface area (Å²) in [5, 5.41) is 4.27. The van der Waals surface area contributed by atoms with Gasteiger partial charge >= 0.3 is 6.18 Å². The van der Waals surface area contributed by atoms with Crippen LogP contribution in [0.5, 0.6) is 0 Å². The molecule has 1 aliphatic rings. The molecule has 0 spiro atoms. The second kappa shape index (κ2) is 11.4. The van der Waals surface area contributed by atoms with Crippen LogP contribution in [0.2, 0.25) is 5.02 Å². The van der Waals surface area contributed by atoms with E-state index >= 15 is 0 Å². The molecule has 2 amide bonds. The van der Waals surface area contributed by atoms with Gasteiger partial charge in [0, 0.05) is 20.8 Å². The highest BCUT2D eigenvalue weighted by atomic mass is 35.5. The molecular weight excluding hydrogens is 620 g/mol. The van der Waals surface area contributed by atoms with Crippen LogP contribution in [0.4, 0.5) is 13.2 Å². The third-order valence-corrected chi connectivity index (χ3v) is 9.97. The Labute approximate surface area is 238 Å². The zero-order chi connectivity index (χ0) is 28.4. The summed E-state index contributed by atoms with van der Waals surface area (Å²) in [4.78, 5) is 28.4. The van der Waals surface area contributed by atoms with Crippen molar-refractivity contribution < 1.29 is 31.2 Å². The van der Waals surface area contributed by atoms with Crippen molar-refractivity contribution in [2.24, 2.45) is 0 Å². The van der Waals surface area contributed by atoms with Crippen LogP contribution in [0.1, 0.15) is 36.6 Å². The number of allylic oxidation sites excluding steroid dienone is 4. The highest BCUT2D eigenvalue weighted by molar-refractivity contribution is 7.91. The Balaban J connectivity index is 1.36. The summed E-state index contributed by atoms with van der Waals surface area (Å²) in [7, 11) is -4.19. The fourth-order valence-corrected chi connectivity index (χ4v) is 6.91. The molecule has 0 radical (unpaired) electrons. The number of carbonyl (C=O) groups excluding carboxylic acids is 2. The third kappa shape index (κ3) is 6.53. The summed E-state index contributed by atoms with van der Waals surface area (Å²) in [5.41, 5.74) is 2.08. The zero-order valence-electron chi connectivity index (χ0n) is 19.3. The van der Waals surface area contributed by atoms with Crippen LogP contribution in [-0.2, 0) is 16.6 Å². The number of thiazole rings is 1. The van der Waals surface area contributed by atoms with Crippen molar-refractivity contribution in [3.63, 3.8) is 0 Å². The van der Waals surface area contributed by atoms with Gasteiger partial charge in [-0.25, -0.2) is 13.4 Å². The molecule has 0 aliphatic heterocycles. The molecule has 16 heteroatoms. The maximum atomic E-state index is 13.6. The number of alkyl halides is 4. The predicted molar refractivity (Wildman–Crippen MR) is 143 cm³/mol. The Bertz CT molecular complexity index is 1550. The van der Waals surface area contributed by atoms with E-state index in [4.69, 9.17) is 23.2 Å². The molecular formula is C23H17Cl2F3N4O4S3. The average molecular weight is 638 g/mol.